The quantitative estimate of drug-likeness (QED) is 0.605. The molecule has 1 aliphatic rings. The first-order valence-electron chi connectivity index (χ1n) is 3.95. The standard InChI is InChI=1S/C7H14O2.C2H2/c8-4-1-7-2-5-9-6-3-7;1-2/h7-8H,1-6H2;1-2H. The van der Waals surface area contributed by atoms with Crippen molar-refractivity contribution in [2.45, 2.75) is 19.3 Å². The summed E-state index contributed by atoms with van der Waals surface area (Å²) in [7, 11) is 0. The third kappa shape index (κ3) is 4.83. The molecule has 1 N–H and O–H groups in total. The molecule has 0 aromatic rings. The number of rotatable bonds is 2. The lowest BCUT2D eigenvalue weighted by Gasteiger charge is -2.20. The molecule has 0 aromatic heterocycles. The molecule has 0 saturated carbocycles. The Morgan fingerprint density at radius 1 is 1.27 bits per heavy atom. The fourth-order valence-corrected chi connectivity index (χ4v) is 1.22. The van der Waals surface area contributed by atoms with Gasteiger partial charge in [0.25, 0.3) is 0 Å². The Morgan fingerprint density at radius 3 is 2.27 bits per heavy atom. The summed E-state index contributed by atoms with van der Waals surface area (Å²) in [6.45, 7) is 2.12. The Labute approximate surface area is 68.6 Å². The minimum Gasteiger partial charge on any atom is -0.396 e. The second-order valence-electron chi connectivity index (χ2n) is 2.57. The summed E-state index contributed by atoms with van der Waals surface area (Å²) in [4.78, 5) is 0. The molecule has 0 radical (unpaired) electrons. The van der Waals surface area contributed by atoms with Gasteiger partial charge in [-0.15, -0.1) is 12.8 Å². The lowest BCUT2D eigenvalue weighted by Crippen LogP contribution is -2.16. The average molecular weight is 156 g/mol. The highest BCUT2D eigenvalue weighted by Gasteiger charge is 2.11. The summed E-state index contributed by atoms with van der Waals surface area (Å²) < 4.78 is 5.16. The second kappa shape index (κ2) is 7.59. The zero-order chi connectivity index (χ0) is 8.53. The lowest BCUT2D eigenvalue weighted by molar-refractivity contribution is 0.0581. The number of hydrogen-bond acceptors (Lipinski definition) is 2. The van der Waals surface area contributed by atoms with E-state index in [1.54, 1.807) is 0 Å². The van der Waals surface area contributed by atoms with Gasteiger partial charge < -0.3 is 9.84 Å². The van der Waals surface area contributed by atoms with E-state index in [1.165, 1.54) is 0 Å². The van der Waals surface area contributed by atoms with E-state index in [2.05, 4.69) is 12.8 Å². The van der Waals surface area contributed by atoms with Gasteiger partial charge >= 0.3 is 0 Å². The molecule has 1 fully saturated rings. The Hall–Kier alpha value is -0.520. The van der Waals surface area contributed by atoms with Crippen molar-refractivity contribution < 1.29 is 9.84 Å². The molecule has 1 rings (SSSR count). The van der Waals surface area contributed by atoms with Gasteiger partial charge in [0.15, 0.2) is 0 Å². The zero-order valence-electron chi connectivity index (χ0n) is 6.83. The van der Waals surface area contributed by atoms with Crippen LogP contribution in [0.5, 0.6) is 0 Å². The SMILES string of the molecule is C#C.OCCC1CCOCC1. The van der Waals surface area contributed by atoms with E-state index >= 15 is 0 Å². The lowest BCUT2D eigenvalue weighted by atomic mass is 9.97. The summed E-state index contributed by atoms with van der Waals surface area (Å²) in [5.74, 6) is 0.726. The second-order valence-corrected chi connectivity index (χ2v) is 2.57. The molecule has 0 bridgehead atoms. The van der Waals surface area contributed by atoms with Crippen molar-refractivity contribution in [2.75, 3.05) is 19.8 Å². The van der Waals surface area contributed by atoms with Gasteiger partial charge in [0, 0.05) is 19.8 Å². The van der Waals surface area contributed by atoms with Crippen molar-refractivity contribution in [3.63, 3.8) is 0 Å². The van der Waals surface area contributed by atoms with Gasteiger partial charge in [0.1, 0.15) is 0 Å². The molecule has 0 spiro atoms. The number of aliphatic hydroxyl groups is 1. The summed E-state index contributed by atoms with van der Waals surface area (Å²) in [6.07, 6.45) is 11.2. The maximum atomic E-state index is 8.58. The van der Waals surface area contributed by atoms with Crippen LogP contribution in [0.1, 0.15) is 19.3 Å². The van der Waals surface area contributed by atoms with Crippen LogP contribution in [0.15, 0.2) is 0 Å². The fourth-order valence-electron chi connectivity index (χ4n) is 1.22. The van der Waals surface area contributed by atoms with Crippen molar-refractivity contribution in [1.82, 2.24) is 0 Å². The van der Waals surface area contributed by atoms with Crippen molar-refractivity contribution in [3.05, 3.63) is 0 Å². The molecule has 0 aromatic carbocycles. The first-order chi connectivity index (χ1) is 5.43. The van der Waals surface area contributed by atoms with Gasteiger partial charge in [-0.2, -0.15) is 0 Å². The summed E-state index contributed by atoms with van der Waals surface area (Å²) in [6, 6.07) is 0. The van der Waals surface area contributed by atoms with Crippen LogP contribution in [0.2, 0.25) is 0 Å². The van der Waals surface area contributed by atoms with E-state index in [9.17, 15) is 0 Å². The third-order valence-corrected chi connectivity index (χ3v) is 1.88. The third-order valence-electron chi connectivity index (χ3n) is 1.88. The Kier molecular flexibility index (Phi) is 7.23. The van der Waals surface area contributed by atoms with Crippen molar-refractivity contribution in [2.24, 2.45) is 5.92 Å². The highest BCUT2D eigenvalue weighted by Crippen LogP contribution is 2.17. The molecular weight excluding hydrogens is 140 g/mol. The van der Waals surface area contributed by atoms with Gasteiger partial charge in [-0.05, 0) is 25.2 Å². The Balaban J connectivity index is 0.000000461. The predicted molar refractivity (Wildman–Crippen MR) is 45.1 cm³/mol. The number of hydrogen-bond donors (Lipinski definition) is 1. The Bertz CT molecular complexity index is 90.2. The van der Waals surface area contributed by atoms with E-state index in [1.807, 2.05) is 0 Å². The van der Waals surface area contributed by atoms with Gasteiger partial charge in [-0.1, -0.05) is 0 Å². The van der Waals surface area contributed by atoms with Crippen LogP contribution in [0.4, 0.5) is 0 Å². The zero-order valence-corrected chi connectivity index (χ0v) is 6.83. The van der Waals surface area contributed by atoms with Crippen molar-refractivity contribution >= 4 is 0 Å². The smallest absolute Gasteiger partial charge is 0.0468 e. The number of ether oxygens (including phenoxy) is 1. The van der Waals surface area contributed by atoms with Gasteiger partial charge in [-0.3, -0.25) is 0 Å². The molecule has 64 valence electrons. The van der Waals surface area contributed by atoms with Crippen LogP contribution in [0, 0.1) is 18.8 Å². The van der Waals surface area contributed by atoms with Gasteiger partial charge in [-0.25, -0.2) is 0 Å². The van der Waals surface area contributed by atoms with Crippen molar-refractivity contribution in [3.8, 4) is 12.8 Å². The number of terminal acetylenes is 1. The molecule has 0 unspecified atom stereocenters. The normalized spacial score (nSPS) is 18.5. The fraction of sp³-hybridized carbons (Fsp3) is 0.778. The van der Waals surface area contributed by atoms with E-state index < -0.39 is 0 Å². The van der Waals surface area contributed by atoms with Crippen molar-refractivity contribution in [1.29, 1.82) is 0 Å². The molecular formula is C9H16O2. The molecule has 1 heterocycles. The minimum atomic E-state index is 0.338. The molecule has 2 heteroatoms. The maximum Gasteiger partial charge on any atom is 0.0468 e. The number of aliphatic hydroxyl groups excluding tert-OH is 1. The minimum absolute atomic E-state index is 0.338. The predicted octanol–water partition coefficient (Wildman–Crippen LogP) is 1.04. The van der Waals surface area contributed by atoms with Crippen LogP contribution >= 0.6 is 0 Å². The topological polar surface area (TPSA) is 29.5 Å². The maximum absolute atomic E-state index is 8.58. The average Bonchev–Trinajstić information content (AvgIpc) is 2.11. The monoisotopic (exact) mass is 156 g/mol. The first kappa shape index (κ1) is 10.5. The van der Waals surface area contributed by atoms with E-state index in [0.29, 0.717) is 6.61 Å². The highest BCUT2D eigenvalue weighted by atomic mass is 16.5. The van der Waals surface area contributed by atoms with Gasteiger partial charge in [0.2, 0.25) is 0 Å². The molecule has 0 aliphatic carbocycles. The van der Waals surface area contributed by atoms with E-state index in [0.717, 1.165) is 38.4 Å². The first-order valence-corrected chi connectivity index (χ1v) is 3.95. The van der Waals surface area contributed by atoms with E-state index in [-0.39, 0.29) is 0 Å². The van der Waals surface area contributed by atoms with Crippen LogP contribution in [0.3, 0.4) is 0 Å². The molecule has 0 amide bonds. The molecule has 1 saturated heterocycles. The molecule has 0 atom stereocenters. The van der Waals surface area contributed by atoms with Crippen LogP contribution in [0.25, 0.3) is 0 Å². The molecule has 1 aliphatic heterocycles. The molecule has 11 heavy (non-hydrogen) atoms. The van der Waals surface area contributed by atoms with Crippen LogP contribution in [-0.2, 0) is 4.74 Å². The van der Waals surface area contributed by atoms with Gasteiger partial charge in [0.05, 0.1) is 0 Å². The van der Waals surface area contributed by atoms with Crippen LogP contribution < -0.4 is 0 Å². The van der Waals surface area contributed by atoms with E-state index in [4.69, 9.17) is 9.84 Å². The molecule has 2 nitrogen and oxygen atoms in total. The summed E-state index contributed by atoms with van der Waals surface area (Å²) >= 11 is 0. The summed E-state index contributed by atoms with van der Waals surface area (Å²) in [5, 5.41) is 8.58. The van der Waals surface area contributed by atoms with Crippen LogP contribution in [-0.4, -0.2) is 24.9 Å². The Morgan fingerprint density at radius 2 is 1.82 bits per heavy atom. The largest absolute Gasteiger partial charge is 0.396 e. The summed E-state index contributed by atoms with van der Waals surface area (Å²) in [5.41, 5.74) is 0. The highest BCUT2D eigenvalue weighted by molar-refractivity contribution is 4.61.